The van der Waals surface area contributed by atoms with Crippen molar-refractivity contribution in [3.05, 3.63) is 46.7 Å². The van der Waals surface area contributed by atoms with Crippen LogP contribution in [0.15, 0.2) is 36.1 Å². The summed E-state index contributed by atoms with van der Waals surface area (Å²) in [5.74, 6) is 0. The average Bonchev–Trinajstić information content (AvgIpc) is 2.30. The third-order valence-corrected chi connectivity index (χ3v) is 2.84. The highest BCUT2D eigenvalue weighted by Crippen LogP contribution is 2.26. The third-order valence-electron chi connectivity index (χ3n) is 2.59. The quantitative estimate of drug-likeness (QED) is 0.837. The van der Waals surface area contributed by atoms with Crippen molar-refractivity contribution in [3.63, 3.8) is 0 Å². The van der Waals surface area contributed by atoms with Gasteiger partial charge in [-0.1, -0.05) is 23.7 Å². The summed E-state index contributed by atoms with van der Waals surface area (Å²) in [5.41, 5.74) is 8.36. The van der Waals surface area contributed by atoms with Crippen molar-refractivity contribution in [2.75, 3.05) is 6.61 Å². The van der Waals surface area contributed by atoms with Gasteiger partial charge in [0.25, 0.3) is 0 Å². The number of halogens is 1. The zero-order valence-corrected chi connectivity index (χ0v) is 9.20. The lowest BCUT2D eigenvalue weighted by Gasteiger charge is -2.20. The Bertz CT molecular complexity index is 358. The zero-order chi connectivity index (χ0) is 10.7. The summed E-state index contributed by atoms with van der Waals surface area (Å²) in [5, 5.41) is 0.736. The van der Waals surface area contributed by atoms with Gasteiger partial charge in [-0.3, -0.25) is 0 Å². The van der Waals surface area contributed by atoms with Gasteiger partial charge in [0.15, 0.2) is 0 Å². The smallest absolute Gasteiger partial charge is 0.0876 e. The molecule has 2 N–H and O–H groups in total. The number of nitrogens with two attached hydrogens (primary N) is 1. The molecule has 15 heavy (non-hydrogen) atoms. The number of rotatable bonds is 2. The molecule has 0 aromatic heterocycles. The molecular formula is C12H14ClNO. The van der Waals surface area contributed by atoms with Gasteiger partial charge in [0.2, 0.25) is 0 Å². The topological polar surface area (TPSA) is 35.2 Å². The lowest BCUT2D eigenvalue weighted by molar-refractivity contribution is 0.221. The van der Waals surface area contributed by atoms with Crippen LogP contribution in [0.25, 0.3) is 0 Å². The molecule has 0 amide bonds. The van der Waals surface area contributed by atoms with E-state index in [-0.39, 0.29) is 6.04 Å². The van der Waals surface area contributed by atoms with Gasteiger partial charge in [-0.25, -0.2) is 0 Å². The van der Waals surface area contributed by atoms with Gasteiger partial charge < -0.3 is 10.5 Å². The van der Waals surface area contributed by atoms with Crippen LogP contribution in [0.2, 0.25) is 5.02 Å². The van der Waals surface area contributed by atoms with Gasteiger partial charge in [0.1, 0.15) is 0 Å². The minimum Gasteiger partial charge on any atom is -0.501 e. The average molecular weight is 224 g/mol. The monoisotopic (exact) mass is 223 g/mol. The molecule has 80 valence electrons. The lowest BCUT2D eigenvalue weighted by Crippen LogP contribution is -2.16. The molecule has 0 aliphatic carbocycles. The zero-order valence-electron chi connectivity index (χ0n) is 8.45. The molecule has 1 aliphatic heterocycles. The predicted molar refractivity (Wildman–Crippen MR) is 61.6 cm³/mol. The standard InChI is InChI=1S/C12H14ClNO/c13-11-5-3-9(4-6-11)12(14)10-2-1-7-15-8-10/h3-6,8,12H,1-2,7,14H2. The van der Waals surface area contributed by atoms with E-state index < -0.39 is 0 Å². The Hall–Kier alpha value is -0.990. The number of hydrogen-bond donors (Lipinski definition) is 1. The largest absolute Gasteiger partial charge is 0.501 e. The highest BCUT2D eigenvalue weighted by atomic mass is 35.5. The molecule has 1 atom stereocenters. The van der Waals surface area contributed by atoms with Crippen LogP contribution in [0.5, 0.6) is 0 Å². The molecule has 0 bridgehead atoms. The number of benzene rings is 1. The first kappa shape index (κ1) is 10.5. The minimum absolute atomic E-state index is 0.0671. The first-order valence-electron chi connectivity index (χ1n) is 5.09. The second-order valence-electron chi connectivity index (χ2n) is 3.70. The van der Waals surface area contributed by atoms with E-state index in [2.05, 4.69) is 0 Å². The fraction of sp³-hybridized carbons (Fsp3) is 0.333. The molecule has 0 saturated heterocycles. The molecule has 1 aromatic carbocycles. The van der Waals surface area contributed by atoms with Gasteiger partial charge in [-0.2, -0.15) is 0 Å². The van der Waals surface area contributed by atoms with E-state index in [1.54, 1.807) is 6.26 Å². The van der Waals surface area contributed by atoms with Gasteiger partial charge in [-0.05, 0) is 36.1 Å². The van der Waals surface area contributed by atoms with Crippen LogP contribution >= 0.6 is 11.6 Å². The van der Waals surface area contributed by atoms with Crippen LogP contribution in [-0.2, 0) is 4.74 Å². The van der Waals surface area contributed by atoms with E-state index in [4.69, 9.17) is 22.1 Å². The van der Waals surface area contributed by atoms with Crippen LogP contribution < -0.4 is 5.73 Å². The molecule has 0 radical (unpaired) electrons. The molecular weight excluding hydrogens is 210 g/mol. The van der Waals surface area contributed by atoms with Crippen molar-refractivity contribution in [1.29, 1.82) is 0 Å². The third kappa shape index (κ3) is 2.52. The normalized spacial score (nSPS) is 17.9. The molecule has 1 unspecified atom stereocenters. The van der Waals surface area contributed by atoms with Crippen molar-refractivity contribution in [2.24, 2.45) is 5.73 Å². The molecule has 1 aliphatic rings. The molecule has 3 heteroatoms. The summed E-state index contributed by atoms with van der Waals surface area (Å²) >= 11 is 5.82. The summed E-state index contributed by atoms with van der Waals surface area (Å²) < 4.78 is 5.28. The fourth-order valence-corrected chi connectivity index (χ4v) is 1.82. The van der Waals surface area contributed by atoms with Crippen molar-refractivity contribution in [2.45, 2.75) is 18.9 Å². The number of hydrogen-bond acceptors (Lipinski definition) is 2. The molecule has 0 spiro atoms. The Morgan fingerprint density at radius 1 is 1.27 bits per heavy atom. The summed E-state index contributed by atoms with van der Waals surface area (Å²) in [6.07, 6.45) is 3.86. The highest BCUT2D eigenvalue weighted by Gasteiger charge is 2.14. The van der Waals surface area contributed by atoms with E-state index in [1.807, 2.05) is 24.3 Å². The lowest BCUT2D eigenvalue weighted by atomic mass is 9.96. The van der Waals surface area contributed by atoms with Crippen LogP contribution in [0.3, 0.4) is 0 Å². The van der Waals surface area contributed by atoms with Gasteiger partial charge in [0, 0.05) is 5.02 Å². The van der Waals surface area contributed by atoms with Crippen LogP contribution in [-0.4, -0.2) is 6.61 Å². The first-order chi connectivity index (χ1) is 7.27. The fourth-order valence-electron chi connectivity index (χ4n) is 1.70. The molecule has 1 aromatic rings. The highest BCUT2D eigenvalue weighted by molar-refractivity contribution is 6.30. The van der Waals surface area contributed by atoms with Crippen molar-refractivity contribution >= 4 is 11.6 Å². The van der Waals surface area contributed by atoms with Crippen molar-refractivity contribution in [3.8, 4) is 0 Å². The van der Waals surface area contributed by atoms with Crippen LogP contribution in [0.4, 0.5) is 0 Å². The Morgan fingerprint density at radius 2 is 2.00 bits per heavy atom. The van der Waals surface area contributed by atoms with E-state index in [0.717, 1.165) is 35.6 Å². The Balaban J connectivity index is 2.16. The second-order valence-corrected chi connectivity index (χ2v) is 4.13. The Kier molecular flexibility index (Phi) is 3.29. The first-order valence-corrected chi connectivity index (χ1v) is 5.47. The van der Waals surface area contributed by atoms with Crippen molar-refractivity contribution in [1.82, 2.24) is 0 Å². The predicted octanol–water partition coefficient (Wildman–Crippen LogP) is 3.03. The number of ether oxygens (including phenoxy) is 1. The van der Waals surface area contributed by atoms with Crippen LogP contribution in [0, 0.1) is 0 Å². The van der Waals surface area contributed by atoms with E-state index in [0.29, 0.717) is 0 Å². The molecule has 2 rings (SSSR count). The van der Waals surface area contributed by atoms with Gasteiger partial charge >= 0.3 is 0 Å². The van der Waals surface area contributed by atoms with E-state index >= 15 is 0 Å². The van der Waals surface area contributed by atoms with Crippen LogP contribution in [0.1, 0.15) is 24.4 Å². The maximum atomic E-state index is 6.13. The SMILES string of the molecule is NC(C1=COCCC1)c1ccc(Cl)cc1. The van der Waals surface area contributed by atoms with E-state index in [9.17, 15) is 0 Å². The summed E-state index contributed by atoms with van der Waals surface area (Å²) in [6, 6.07) is 7.58. The summed E-state index contributed by atoms with van der Waals surface area (Å²) in [6.45, 7) is 0.802. The summed E-state index contributed by atoms with van der Waals surface area (Å²) in [4.78, 5) is 0. The van der Waals surface area contributed by atoms with Gasteiger partial charge in [-0.15, -0.1) is 0 Å². The van der Waals surface area contributed by atoms with E-state index in [1.165, 1.54) is 0 Å². The Morgan fingerprint density at radius 3 is 2.60 bits per heavy atom. The maximum absolute atomic E-state index is 6.13. The maximum Gasteiger partial charge on any atom is 0.0876 e. The Labute approximate surface area is 94.7 Å². The minimum atomic E-state index is -0.0671. The molecule has 0 saturated carbocycles. The molecule has 0 fully saturated rings. The molecule has 1 heterocycles. The second kappa shape index (κ2) is 4.69. The molecule has 2 nitrogen and oxygen atoms in total. The van der Waals surface area contributed by atoms with Gasteiger partial charge in [0.05, 0.1) is 18.9 Å². The summed E-state index contributed by atoms with van der Waals surface area (Å²) in [7, 11) is 0. The van der Waals surface area contributed by atoms with Crippen molar-refractivity contribution < 1.29 is 4.74 Å².